The van der Waals surface area contributed by atoms with Crippen molar-refractivity contribution >= 4 is 0 Å². The zero-order valence-corrected chi connectivity index (χ0v) is 3.98. The molecule has 4 heteroatoms. The fourth-order valence-electron chi connectivity index (χ4n) is 0.151. The highest BCUT2D eigenvalue weighted by Crippen LogP contribution is 2.05. The van der Waals surface area contributed by atoms with Gasteiger partial charge < -0.3 is 4.74 Å². The van der Waals surface area contributed by atoms with E-state index in [1.165, 1.54) is 0 Å². The summed E-state index contributed by atoms with van der Waals surface area (Å²) in [6, 6.07) is 0. The van der Waals surface area contributed by atoms with Crippen LogP contribution in [0.3, 0.4) is 0 Å². The summed E-state index contributed by atoms with van der Waals surface area (Å²) in [5.74, 6) is 0. The van der Waals surface area contributed by atoms with Crippen LogP contribution < -0.4 is 0 Å². The van der Waals surface area contributed by atoms with Gasteiger partial charge in [0.05, 0.1) is 6.26 Å². The van der Waals surface area contributed by atoms with Crippen LogP contribution in [0.2, 0.25) is 0 Å². The molecule has 0 N–H and O–H groups in total. The van der Waals surface area contributed by atoms with Crippen LogP contribution >= 0.6 is 0 Å². The number of ether oxygens (including phenoxy) is 1. The summed E-state index contributed by atoms with van der Waals surface area (Å²) < 4.78 is 37.3. The third-order valence-corrected chi connectivity index (χ3v) is 0.424. The molecule has 0 amide bonds. The molecule has 0 heterocycles. The van der Waals surface area contributed by atoms with Gasteiger partial charge in [-0.25, -0.2) is 8.78 Å². The average molecular weight is 126 g/mol. The zero-order valence-electron chi connectivity index (χ0n) is 3.98. The normalized spacial score (nSPS) is 13.5. The predicted octanol–water partition coefficient (Wildman–Crippen LogP) is 1.71. The number of halogens is 3. The molecule has 0 aliphatic carbocycles. The molecule has 0 aliphatic heterocycles. The second kappa shape index (κ2) is 3.35. The first kappa shape index (κ1) is 7.33. The second-order valence-electron chi connectivity index (χ2n) is 0.988. The third-order valence-electron chi connectivity index (χ3n) is 0.424. The summed E-state index contributed by atoms with van der Waals surface area (Å²) >= 11 is 0. The summed E-state index contributed by atoms with van der Waals surface area (Å²) in [5, 5.41) is 0. The first-order valence-corrected chi connectivity index (χ1v) is 1.87. The molecule has 0 fully saturated rings. The molecule has 1 unspecified atom stereocenters. The van der Waals surface area contributed by atoms with Crippen LogP contribution in [0, 0.1) is 0 Å². The van der Waals surface area contributed by atoms with E-state index in [4.69, 9.17) is 0 Å². The van der Waals surface area contributed by atoms with E-state index < -0.39 is 12.8 Å². The number of rotatable bonds is 3. The lowest BCUT2D eigenvalue weighted by atomic mass is 10.7. The lowest BCUT2D eigenvalue weighted by molar-refractivity contribution is -0.0913. The predicted molar refractivity (Wildman–Crippen MR) is 22.2 cm³/mol. The van der Waals surface area contributed by atoms with E-state index in [0.717, 1.165) is 0 Å². The van der Waals surface area contributed by atoms with Gasteiger partial charge in [-0.1, -0.05) is 6.58 Å². The average Bonchev–Trinajstić information content (AvgIpc) is 1.67. The van der Waals surface area contributed by atoms with Crippen molar-refractivity contribution < 1.29 is 17.9 Å². The van der Waals surface area contributed by atoms with Crippen molar-refractivity contribution in [1.82, 2.24) is 0 Å². The van der Waals surface area contributed by atoms with Gasteiger partial charge in [0, 0.05) is 0 Å². The Morgan fingerprint density at radius 2 is 1.88 bits per heavy atom. The Kier molecular flexibility index (Phi) is 3.07. The van der Waals surface area contributed by atoms with Crippen molar-refractivity contribution in [3.63, 3.8) is 0 Å². The molecular weight excluding hydrogens is 121 g/mol. The number of hydrogen-bond acceptors (Lipinski definition) is 1. The molecule has 8 heavy (non-hydrogen) atoms. The molecule has 0 rings (SSSR count). The summed E-state index contributed by atoms with van der Waals surface area (Å²) in [5.41, 5.74) is 0. The van der Waals surface area contributed by atoms with E-state index >= 15 is 0 Å². The molecule has 0 spiro atoms. The minimum atomic E-state index is -3.09. The molecule has 0 aromatic carbocycles. The Morgan fingerprint density at radius 3 is 2.00 bits per heavy atom. The molecule has 0 aromatic heterocycles. The fraction of sp³-hybridized carbons (Fsp3) is 0.500. The van der Waals surface area contributed by atoms with Gasteiger partial charge in [0.25, 0.3) is 6.36 Å². The number of alkyl halides is 3. The molecule has 0 bridgehead atoms. The van der Waals surface area contributed by atoms with Crippen molar-refractivity contribution in [2.75, 3.05) is 0 Å². The van der Waals surface area contributed by atoms with Crippen molar-refractivity contribution in [2.24, 2.45) is 0 Å². The van der Waals surface area contributed by atoms with Gasteiger partial charge in [-0.2, -0.15) is 4.39 Å². The highest BCUT2D eigenvalue weighted by atomic mass is 19.3. The summed E-state index contributed by atoms with van der Waals surface area (Å²) in [6.45, 7) is 2.89. The smallest absolute Gasteiger partial charge is 0.304 e. The van der Waals surface area contributed by atoms with Gasteiger partial charge in [0.2, 0.25) is 0 Å². The molecule has 0 aromatic rings. The molecule has 1 nitrogen and oxygen atoms in total. The topological polar surface area (TPSA) is 9.23 Å². The van der Waals surface area contributed by atoms with E-state index in [1.54, 1.807) is 0 Å². The summed E-state index contributed by atoms with van der Waals surface area (Å²) in [4.78, 5) is 0. The van der Waals surface area contributed by atoms with E-state index in [1.807, 2.05) is 0 Å². The maximum Gasteiger partial charge on any atom is 0.304 e. The van der Waals surface area contributed by atoms with Crippen molar-refractivity contribution in [3.8, 4) is 0 Å². The van der Waals surface area contributed by atoms with Crippen molar-refractivity contribution in [1.29, 1.82) is 0 Å². The van der Waals surface area contributed by atoms with Gasteiger partial charge in [0.1, 0.15) is 0 Å². The van der Waals surface area contributed by atoms with Crippen LogP contribution in [0.1, 0.15) is 0 Å². The monoisotopic (exact) mass is 126 g/mol. The van der Waals surface area contributed by atoms with E-state index in [0.29, 0.717) is 6.26 Å². The Balaban J connectivity index is 3.30. The van der Waals surface area contributed by atoms with Gasteiger partial charge in [0.15, 0.2) is 0 Å². The maximum absolute atomic E-state index is 11.5. The first-order chi connectivity index (χ1) is 3.68. The highest BCUT2D eigenvalue weighted by molar-refractivity contribution is 4.53. The standard InChI is InChI=1S/C4H5F3O/c1-2-8-4(7)3(5)6/h2-4H,1H2. The van der Waals surface area contributed by atoms with Gasteiger partial charge >= 0.3 is 6.43 Å². The van der Waals surface area contributed by atoms with Crippen molar-refractivity contribution in [3.05, 3.63) is 12.8 Å². The Bertz CT molecular complexity index is 73.7. The third kappa shape index (κ3) is 2.49. The van der Waals surface area contributed by atoms with Crippen LogP contribution in [0.5, 0.6) is 0 Å². The molecule has 1 atom stereocenters. The molecule has 0 radical (unpaired) electrons. The van der Waals surface area contributed by atoms with E-state index in [2.05, 4.69) is 11.3 Å². The Labute approximate surface area is 44.8 Å². The maximum atomic E-state index is 11.5. The summed E-state index contributed by atoms with van der Waals surface area (Å²) in [7, 11) is 0. The molecule has 0 saturated heterocycles. The van der Waals surface area contributed by atoms with E-state index in [-0.39, 0.29) is 0 Å². The van der Waals surface area contributed by atoms with Gasteiger partial charge in [-0.05, 0) is 0 Å². The summed E-state index contributed by atoms with van der Waals surface area (Å²) in [6.07, 6.45) is -4.99. The quantitative estimate of drug-likeness (QED) is 0.523. The van der Waals surface area contributed by atoms with Crippen LogP contribution in [-0.2, 0) is 4.74 Å². The highest BCUT2D eigenvalue weighted by Gasteiger charge is 2.17. The Morgan fingerprint density at radius 1 is 1.38 bits per heavy atom. The minimum absolute atomic E-state index is 0.636. The minimum Gasteiger partial charge on any atom is -0.463 e. The molecule has 0 aliphatic rings. The molecule has 0 saturated carbocycles. The molecular formula is C4H5F3O. The van der Waals surface area contributed by atoms with Crippen LogP contribution in [0.4, 0.5) is 13.2 Å². The zero-order chi connectivity index (χ0) is 6.57. The second-order valence-corrected chi connectivity index (χ2v) is 0.988. The SMILES string of the molecule is C=COC(F)C(F)F. The fourth-order valence-corrected chi connectivity index (χ4v) is 0.151. The van der Waals surface area contributed by atoms with Crippen molar-refractivity contribution in [2.45, 2.75) is 12.8 Å². The van der Waals surface area contributed by atoms with Crippen LogP contribution in [0.15, 0.2) is 12.8 Å². The lowest BCUT2D eigenvalue weighted by Crippen LogP contribution is -2.12. The first-order valence-electron chi connectivity index (χ1n) is 1.87. The number of hydrogen-bond donors (Lipinski definition) is 0. The molecule has 48 valence electrons. The van der Waals surface area contributed by atoms with Crippen LogP contribution in [0.25, 0.3) is 0 Å². The van der Waals surface area contributed by atoms with Crippen LogP contribution in [-0.4, -0.2) is 12.8 Å². The largest absolute Gasteiger partial charge is 0.463 e. The Hall–Kier alpha value is -0.670. The van der Waals surface area contributed by atoms with E-state index in [9.17, 15) is 13.2 Å². The van der Waals surface area contributed by atoms with Gasteiger partial charge in [-0.3, -0.25) is 0 Å². The van der Waals surface area contributed by atoms with Gasteiger partial charge in [-0.15, -0.1) is 0 Å². The lowest BCUT2D eigenvalue weighted by Gasteiger charge is -2.03.